The molecule has 1 N–H and O–H groups in total. The third kappa shape index (κ3) is 5.69. The normalized spacial score (nSPS) is 18.2. The van der Waals surface area contributed by atoms with E-state index in [1.807, 2.05) is 6.92 Å². The number of morpholine rings is 1. The number of ether oxygens (including phenoxy) is 3. The number of amides is 2. The maximum absolute atomic E-state index is 12.8. The van der Waals surface area contributed by atoms with Crippen LogP contribution >= 0.6 is 0 Å². The topological polar surface area (TPSA) is 94.2 Å². The van der Waals surface area contributed by atoms with Gasteiger partial charge < -0.3 is 19.5 Å². The molecule has 154 valence electrons. The van der Waals surface area contributed by atoms with Gasteiger partial charge >= 0.3 is 12.1 Å². The Bertz CT molecular complexity index is 710. The highest BCUT2D eigenvalue weighted by atomic mass is 16.6. The van der Waals surface area contributed by atoms with E-state index in [2.05, 4.69) is 10.1 Å². The zero-order valence-electron chi connectivity index (χ0n) is 17.0. The van der Waals surface area contributed by atoms with Gasteiger partial charge in [0, 0.05) is 6.54 Å². The van der Waals surface area contributed by atoms with Crippen LogP contribution in [0.1, 0.15) is 49.7 Å². The number of hydrogen-bond acceptors (Lipinski definition) is 6. The molecule has 2 atom stereocenters. The summed E-state index contributed by atoms with van der Waals surface area (Å²) in [5, 5.41) is 2.89. The Kier molecular flexibility index (Phi) is 7.01. The molecule has 1 heterocycles. The molecule has 8 heteroatoms. The maximum atomic E-state index is 12.8. The van der Waals surface area contributed by atoms with Crippen molar-refractivity contribution in [3.8, 4) is 0 Å². The summed E-state index contributed by atoms with van der Waals surface area (Å²) in [7, 11) is 1.32. The quantitative estimate of drug-likeness (QED) is 0.790. The lowest BCUT2D eigenvalue weighted by Gasteiger charge is -2.36. The SMILES string of the molecule is COC(=O)c1ccc([C@@H](C)NC(=O)[C@H]2COCCN2C(=O)OC(C)(C)C)cc1. The molecule has 0 unspecified atom stereocenters. The van der Waals surface area contributed by atoms with Gasteiger partial charge in [0.2, 0.25) is 5.91 Å². The number of methoxy groups -OCH3 is 1. The molecule has 1 fully saturated rings. The second-order valence-electron chi connectivity index (χ2n) is 7.61. The molecule has 1 aliphatic rings. The average molecular weight is 392 g/mol. The van der Waals surface area contributed by atoms with E-state index >= 15 is 0 Å². The largest absolute Gasteiger partial charge is 0.465 e. The molecule has 8 nitrogen and oxygen atoms in total. The molecule has 1 aromatic rings. The van der Waals surface area contributed by atoms with Crippen LogP contribution in [0.2, 0.25) is 0 Å². The molecule has 0 spiro atoms. The smallest absolute Gasteiger partial charge is 0.411 e. The van der Waals surface area contributed by atoms with Crippen molar-refractivity contribution in [1.29, 1.82) is 0 Å². The number of nitrogens with one attached hydrogen (secondary N) is 1. The fourth-order valence-electron chi connectivity index (χ4n) is 2.78. The van der Waals surface area contributed by atoms with E-state index in [0.717, 1.165) is 5.56 Å². The van der Waals surface area contributed by atoms with Gasteiger partial charge in [-0.1, -0.05) is 12.1 Å². The van der Waals surface area contributed by atoms with Crippen molar-refractivity contribution in [3.05, 3.63) is 35.4 Å². The van der Waals surface area contributed by atoms with Crippen molar-refractivity contribution in [1.82, 2.24) is 10.2 Å². The molecule has 2 rings (SSSR count). The molecule has 0 bridgehead atoms. The Morgan fingerprint density at radius 2 is 1.86 bits per heavy atom. The Hall–Kier alpha value is -2.61. The third-order valence-corrected chi connectivity index (χ3v) is 4.25. The second kappa shape index (κ2) is 9.05. The van der Waals surface area contributed by atoms with Gasteiger partial charge in [-0.05, 0) is 45.4 Å². The molecule has 0 aromatic heterocycles. The highest BCUT2D eigenvalue weighted by molar-refractivity contribution is 5.89. The van der Waals surface area contributed by atoms with Crippen molar-refractivity contribution in [3.63, 3.8) is 0 Å². The first-order chi connectivity index (χ1) is 13.1. The highest BCUT2D eigenvalue weighted by Crippen LogP contribution is 2.18. The van der Waals surface area contributed by atoms with Crippen molar-refractivity contribution in [2.24, 2.45) is 0 Å². The number of carbonyl (C=O) groups is 3. The van der Waals surface area contributed by atoms with E-state index < -0.39 is 23.7 Å². The summed E-state index contributed by atoms with van der Waals surface area (Å²) in [6.07, 6.45) is -0.536. The lowest BCUT2D eigenvalue weighted by Crippen LogP contribution is -2.57. The molecule has 0 radical (unpaired) electrons. The number of rotatable bonds is 4. The molecular formula is C20H28N2O6. The zero-order chi connectivity index (χ0) is 20.9. The van der Waals surface area contributed by atoms with Crippen molar-refractivity contribution < 1.29 is 28.6 Å². The number of carbonyl (C=O) groups excluding carboxylic acids is 3. The van der Waals surface area contributed by atoms with E-state index in [4.69, 9.17) is 9.47 Å². The number of benzene rings is 1. The first-order valence-electron chi connectivity index (χ1n) is 9.18. The lowest BCUT2D eigenvalue weighted by atomic mass is 10.1. The molecular weight excluding hydrogens is 364 g/mol. The number of nitrogens with zero attached hydrogens (tertiary/aromatic N) is 1. The molecule has 1 saturated heterocycles. The van der Waals surface area contributed by atoms with Crippen LogP contribution in [0.5, 0.6) is 0 Å². The van der Waals surface area contributed by atoms with Gasteiger partial charge in [-0.25, -0.2) is 9.59 Å². The van der Waals surface area contributed by atoms with Crippen LogP contribution in [0.25, 0.3) is 0 Å². The average Bonchev–Trinajstić information content (AvgIpc) is 2.66. The monoisotopic (exact) mass is 392 g/mol. The van der Waals surface area contributed by atoms with Crippen LogP contribution in [0.4, 0.5) is 4.79 Å². The standard InChI is InChI=1S/C20H28N2O6/c1-13(14-6-8-15(9-7-14)18(24)26-5)21-17(23)16-12-27-11-10-22(16)19(25)28-20(2,3)4/h6-9,13,16H,10-12H2,1-5H3,(H,21,23)/t13-,16-/m1/s1. The minimum atomic E-state index is -0.764. The van der Waals surface area contributed by atoms with Gasteiger partial charge in [0.1, 0.15) is 11.6 Å². The molecule has 2 amide bonds. The number of hydrogen-bond donors (Lipinski definition) is 1. The summed E-state index contributed by atoms with van der Waals surface area (Å²) in [5.41, 5.74) is 0.605. The summed E-state index contributed by atoms with van der Waals surface area (Å²) >= 11 is 0. The fraction of sp³-hybridized carbons (Fsp3) is 0.550. The zero-order valence-corrected chi connectivity index (χ0v) is 17.0. The van der Waals surface area contributed by atoms with Crippen LogP contribution in [0.15, 0.2) is 24.3 Å². The van der Waals surface area contributed by atoms with E-state index in [1.165, 1.54) is 12.0 Å². The van der Waals surface area contributed by atoms with Gasteiger partial charge in [-0.3, -0.25) is 9.69 Å². The summed E-state index contributed by atoms with van der Waals surface area (Å²) in [6, 6.07) is 5.70. The van der Waals surface area contributed by atoms with Gasteiger partial charge in [-0.2, -0.15) is 0 Å². The van der Waals surface area contributed by atoms with Crippen molar-refractivity contribution >= 4 is 18.0 Å². The predicted molar refractivity (Wildman–Crippen MR) is 102 cm³/mol. The Balaban J connectivity index is 2.04. The van der Waals surface area contributed by atoms with Crippen LogP contribution < -0.4 is 5.32 Å². The van der Waals surface area contributed by atoms with E-state index in [0.29, 0.717) is 12.2 Å². The van der Waals surface area contributed by atoms with Gasteiger partial charge in [0.15, 0.2) is 0 Å². The summed E-state index contributed by atoms with van der Waals surface area (Å²) in [5.74, 6) is -0.745. The van der Waals surface area contributed by atoms with Gasteiger partial charge in [-0.15, -0.1) is 0 Å². The first kappa shape index (κ1) is 21.7. The van der Waals surface area contributed by atoms with Crippen molar-refractivity contribution in [2.45, 2.75) is 45.4 Å². The lowest BCUT2D eigenvalue weighted by molar-refractivity contribution is -0.132. The molecule has 0 saturated carbocycles. The second-order valence-corrected chi connectivity index (χ2v) is 7.61. The molecule has 0 aliphatic carbocycles. The Morgan fingerprint density at radius 1 is 1.21 bits per heavy atom. The molecule has 1 aromatic carbocycles. The molecule has 1 aliphatic heterocycles. The summed E-state index contributed by atoms with van der Waals surface area (Å²) < 4.78 is 15.5. The van der Waals surface area contributed by atoms with Gasteiger partial charge in [0.05, 0.1) is 31.9 Å². The number of esters is 1. The predicted octanol–water partition coefficient (Wildman–Crippen LogP) is 2.29. The van der Waals surface area contributed by atoms with Gasteiger partial charge in [0.25, 0.3) is 0 Å². The fourth-order valence-corrected chi connectivity index (χ4v) is 2.78. The van der Waals surface area contributed by atoms with E-state index in [9.17, 15) is 14.4 Å². The maximum Gasteiger partial charge on any atom is 0.411 e. The Morgan fingerprint density at radius 3 is 2.43 bits per heavy atom. The summed E-state index contributed by atoms with van der Waals surface area (Å²) in [4.78, 5) is 38.1. The van der Waals surface area contributed by atoms with Crippen LogP contribution in [0.3, 0.4) is 0 Å². The van der Waals surface area contributed by atoms with Crippen LogP contribution in [0, 0.1) is 0 Å². The third-order valence-electron chi connectivity index (χ3n) is 4.25. The van der Waals surface area contributed by atoms with E-state index in [-0.39, 0.29) is 25.1 Å². The van der Waals surface area contributed by atoms with Crippen LogP contribution in [-0.4, -0.2) is 61.4 Å². The Labute approximate surface area is 165 Å². The summed E-state index contributed by atoms with van der Waals surface area (Å²) in [6.45, 7) is 7.91. The van der Waals surface area contributed by atoms with Crippen LogP contribution in [-0.2, 0) is 19.0 Å². The highest BCUT2D eigenvalue weighted by Gasteiger charge is 2.36. The minimum Gasteiger partial charge on any atom is -0.465 e. The van der Waals surface area contributed by atoms with E-state index in [1.54, 1.807) is 45.0 Å². The van der Waals surface area contributed by atoms with Crippen molar-refractivity contribution in [2.75, 3.05) is 26.9 Å². The minimum absolute atomic E-state index is 0.110. The molecule has 28 heavy (non-hydrogen) atoms. The first-order valence-corrected chi connectivity index (χ1v) is 9.18.